The van der Waals surface area contributed by atoms with E-state index in [0.29, 0.717) is 6.54 Å². The van der Waals surface area contributed by atoms with Crippen LogP contribution in [0.4, 0.5) is 0 Å². The van der Waals surface area contributed by atoms with Crippen molar-refractivity contribution >= 4 is 0 Å². The number of nitrogens with one attached hydrogen (secondary N) is 1. The Bertz CT molecular complexity index is 365. The first-order chi connectivity index (χ1) is 6.83. The minimum atomic E-state index is 0.0509. The van der Waals surface area contributed by atoms with Gasteiger partial charge in [-0.2, -0.15) is 5.10 Å². The maximum atomic E-state index is 11.8. The van der Waals surface area contributed by atoms with Crippen molar-refractivity contribution in [3.63, 3.8) is 0 Å². The summed E-state index contributed by atoms with van der Waals surface area (Å²) in [4.78, 5) is 11.8. The fourth-order valence-electron chi connectivity index (χ4n) is 1.81. The van der Waals surface area contributed by atoms with Crippen LogP contribution in [0.1, 0.15) is 18.7 Å². The number of aryl methyl sites for hydroxylation is 1. The van der Waals surface area contributed by atoms with Crippen LogP contribution in [0.3, 0.4) is 0 Å². The van der Waals surface area contributed by atoms with Crippen LogP contribution in [0.5, 0.6) is 0 Å². The normalized spacial score (nSPS) is 15.5. The maximum Gasteiger partial charge on any atom is 0.345 e. The van der Waals surface area contributed by atoms with Crippen molar-refractivity contribution < 1.29 is 0 Å². The van der Waals surface area contributed by atoms with Crippen molar-refractivity contribution in [2.75, 3.05) is 13.6 Å². The average molecular weight is 196 g/mol. The summed E-state index contributed by atoms with van der Waals surface area (Å²) in [7, 11) is 1.88. The Kier molecular flexibility index (Phi) is 2.67. The van der Waals surface area contributed by atoms with Crippen molar-refractivity contribution in [1.82, 2.24) is 19.7 Å². The van der Waals surface area contributed by atoms with E-state index in [0.717, 1.165) is 38.2 Å². The second-order valence-electron chi connectivity index (χ2n) is 3.63. The molecule has 0 aromatic carbocycles. The highest BCUT2D eigenvalue weighted by Gasteiger charge is 2.15. The third kappa shape index (κ3) is 1.59. The van der Waals surface area contributed by atoms with Crippen LogP contribution in [0.15, 0.2) is 4.79 Å². The van der Waals surface area contributed by atoms with Crippen molar-refractivity contribution in [2.24, 2.45) is 0 Å². The number of hydrogen-bond acceptors (Lipinski definition) is 3. The van der Waals surface area contributed by atoms with Gasteiger partial charge in [0.15, 0.2) is 0 Å². The molecule has 78 valence electrons. The van der Waals surface area contributed by atoms with Crippen LogP contribution >= 0.6 is 0 Å². The van der Waals surface area contributed by atoms with E-state index in [1.807, 2.05) is 7.05 Å². The third-order valence-electron chi connectivity index (χ3n) is 2.61. The zero-order chi connectivity index (χ0) is 9.97. The molecule has 0 saturated heterocycles. The molecular weight excluding hydrogens is 180 g/mol. The van der Waals surface area contributed by atoms with Gasteiger partial charge in [0.25, 0.3) is 0 Å². The number of rotatable bonds is 3. The van der Waals surface area contributed by atoms with E-state index in [-0.39, 0.29) is 5.69 Å². The summed E-state index contributed by atoms with van der Waals surface area (Å²) < 4.78 is 3.37. The summed E-state index contributed by atoms with van der Waals surface area (Å²) in [6.45, 7) is 2.29. The molecule has 5 nitrogen and oxygen atoms in total. The highest BCUT2D eigenvalue weighted by atomic mass is 16.2. The highest BCUT2D eigenvalue weighted by molar-refractivity contribution is 4.91. The minimum Gasteiger partial charge on any atom is -0.318 e. The topological polar surface area (TPSA) is 51.9 Å². The average Bonchev–Trinajstić information content (AvgIpc) is 2.54. The fraction of sp³-hybridized carbons (Fsp3) is 0.778. The molecule has 2 heterocycles. The molecule has 1 aromatic rings. The molecule has 0 aliphatic carbocycles. The quantitative estimate of drug-likeness (QED) is 0.715. The molecule has 5 heteroatoms. The Morgan fingerprint density at radius 1 is 1.50 bits per heavy atom. The molecule has 0 bridgehead atoms. The molecule has 0 saturated carbocycles. The molecule has 1 aromatic heterocycles. The van der Waals surface area contributed by atoms with Crippen LogP contribution in [-0.2, 0) is 19.5 Å². The van der Waals surface area contributed by atoms with E-state index in [9.17, 15) is 4.79 Å². The SMILES string of the molecule is CNCCn1nc2n(c1=O)CCCC2. The Hall–Kier alpha value is -1.10. The third-order valence-corrected chi connectivity index (χ3v) is 2.61. The van der Waals surface area contributed by atoms with Crippen LogP contribution in [-0.4, -0.2) is 27.9 Å². The van der Waals surface area contributed by atoms with Gasteiger partial charge in [0, 0.05) is 19.5 Å². The highest BCUT2D eigenvalue weighted by Crippen LogP contribution is 2.08. The zero-order valence-electron chi connectivity index (χ0n) is 8.49. The van der Waals surface area contributed by atoms with Crippen LogP contribution in [0.2, 0.25) is 0 Å². The lowest BCUT2D eigenvalue weighted by molar-refractivity contribution is 0.510. The van der Waals surface area contributed by atoms with Gasteiger partial charge in [0.2, 0.25) is 0 Å². The fourth-order valence-corrected chi connectivity index (χ4v) is 1.81. The Morgan fingerprint density at radius 2 is 2.36 bits per heavy atom. The molecule has 0 amide bonds. The van der Waals surface area contributed by atoms with Crippen LogP contribution in [0, 0.1) is 0 Å². The molecule has 2 rings (SSSR count). The number of fused-ring (bicyclic) bond motifs is 1. The Labute approximate surface area is 82.7 Å². The van der Waals surface area contributed by atoms with E-state index in [1.165, 1.54) is 0 Å². The molecule has 0 spiro atoms. The summed E-state index contributed by atoms with van der Waals surface area (Å²) in [6, 6.07) is 0. The van der Waals surface area contributed by atoms with Crippen molar-refractivity contribution in [3.05, 3.63) is 16.3 Å². The smallest absolute Gasteiger partial charge is 0.318 e. The molecule has 0 radical (unpaired) electrons. The van der Waals surface area contributed by atoms with Crippen LogP contribution in [0.25, 0.3) is 0 Å². The predicted molar refractivity (Wildman–Crippen MR) is 53.4 cm³/mol. The van der Waals surface area contributed by atoms with Gasteiger partial charge in [0.1, 0.15) is 5.82 Å². The first-order valence-electron chi connectivity index (χ1n) is 5.14. The van der Waals surface area contributed by atoms with E-state index in [2.05, 4.69) is 10.4 Å². The first kappa shape index (κ1) is 9.45. The maximum absolute atomic E-state index is 11.8. The summed E-state index contributed by atoms with van der Waals surface area (Å²) in [5.41, 5.74) is 0.0509. The molecule has 0 unspecified atom stereocenters. The summed E-state index contributed by atoms with van der Waals surface area (Å²) in [5, 5.41) is 7.33. The van der Waals surface area contributed by atoms with E-state index < -0.39 is 0 Å². The van der Waals surface area contributed by atoms with E-state index >= 15 is 0 Å². The minimum absolute atomic E-state index is 0.0509. The van der Waals surface area contributed by atoms with Gasteiger partial charge >= 0.3 is 5.69 Å². The van der Waals surface area contributed by atoms with Crippen molar-refractivity contribution in [1.29, 1.82) is 0 Å². The van der Waals surface area contributed by atoms with E-state index in [1.54, 1.807) is 9.25 Å². The summed E-state index contributed by atoms with van der Waals surface area (Å²) in [5.74, 6) is 0.956. The first-order valence-corrected chi connectivity index (χ1v) is 5.14. The number of likely N-dealkylation sites (N-methyl/N-ethyl adjacent to an activating group) is 1. The molecular formula is C9H16N4O. The van der Waals surface area contributed by atoms with Gasteiger partial charge < -0.3 is 5.32 Å². The molecule has 1 aliphatic rings. The molecule has 0 fully saturated rings. The Balaban J connectivity index is 2.25. The van der Waals surface area contributed by atoms with Crippen molar-refractivity contribution in [3.8, 4) is 0 Å². The number of nitrogens with zero attached hydrogens (tertiary/aromatic N) is 3. The van der Waals surface area contributed by atoms with Gasteiger partial charge in [-0.1, -0.05) is 0 Å². The lowest BCUT2D eigenvalue weighted by Crippen LogP contribution is -2.29. The Morgan fingerprint density at radius 3 is 3.07 bits per heavy atom. The lowest BCUT2D eigenvalue weighted by atomic mass is 10.2. The van der Waals surface area contributed by atoms with Gasteiger partial charge in [0.05, 0.1) is 6.54 Å². The van der Waals surface area contributed by atoms with Gasteiger partial charge in [-0.05, 0) is 19.9 Å². The van der Waals surface area contributed by atoms with Gasteiger partial charge in [-0.25, -0.2) is 9.48 Å². The molecule has 0 atom stereocenters. The molecule has 14 heavy (non-hydrogen) atoms. The molecule has 1 aliphatic heterocycles. The second kappa shape index (κ2) is 3.96. The molecule has 1 N–H and O–H groups in total. The monoisotopic (exact) mass is 196 g/mol. The van der Waals surface area contributed by atoms with Gasteiger partial charge in [-0.15, -0.1) is 0 Å². The van der Waals surface area contributed by atoms with E-state index in [4.69, 9.17) is 0 Å². The number of aromatic nitrogens is 3. The number of hydrogen-bond donors (Lipinski definition) is 1. The van der Waals surface area contributed by atoms with Crippen LogP contribution < -0.4 is 11.0 Å². The summed E-state index contributed by atoms with van der Waals surface area (Å²) in [6.07, 6.45) is 3.20. The lowest BCUT2D eigenvalue weighted by Gasteiger charge is -2.09. The zero-order valence-corrected chi connectivity index (χ0v) is 8.49. The van der Waals surface area contributed by atoms with Crippen molar-refractivity contribution in [2.45, 2.75) is 32.4 Å². The summed E-state index contributed by atoms with van der Waals surface area (Å²) >= 11 is 0. The standard InChI is InChI=1S/C9H16N4O/c1-10-5-7-13-9(14)12-6-3-2-4-8(12)11-13/h10H,2-7H2,1H3. The second-order valence-corrected chi connectivity index (χ2v) is 3.63. The predicted octanol–water partition coefficient (Wildman–Crippen LogP) is -0.400. The van der Waals surface area contributed by atoms with Gasteiger partial charge in [-0.3, -0.25) is 4.57 Å². The largest absolute Gasteiger partial charge is 0.345 e.